The number of anilines is 1. The van der Waals surface area contributed by atoms with Crippen LogP contribution in [0.3, 0.4) is 0 Å². The Labute approximate surface area is 185 Å². The van der Waals surface area contributed by atoms with Gasteiger partial charge in [-0.15, -0.1) is 0 Å². The van der Waals surface area contributed by atoms with E-state index in [9.17, 15) is 9.59 Å². The van der Waals surface area contributed by atoms with E-state index < -0.39 is 0 Å². The van der Waals surface area contributed by atoms with Crippen molar-refractivity contribution >= 4 is 35.1 Å². The summed E-state index contributed by atoms with van der Waals surface area (Å²) in [6.45, 7) is 5.04. The molecular formula is C21H25Cl2N5O2. The van der Waals surface area contributed by atoms with Crippen molar-refractivity contribution in [3.05, 3.63) is 55.9 Å². The molecule has 1 N–H and O–H groups in total. The second-order valence-electron chi connectivity index (χ2n) is 7.80. The number of aromatic amines is 1. The first-order valence-corrected chi connectivity index (χ1v) is 11.1. The highest BCUT2D eigenvalue weighted by atomic mass is 35.5. The summed E-state index contributed by atoms with van der Waals surface area (Å²) in [6, 6.07) is 6.48. The molecule has 4 rings (SSSR count). The zero-order valence-corrected chi connectivity index (χ0v) is 18.3. The number of carbonyl (C=O) groups is 1. The third kappa shape index (κ3) is 4.96. The maximum absolute atomic E-state index is 12.8. The average molecular weight is 450 g/mol. The summed E-state index contributed by atoms with van der Waals surface area (Å²) in [4.78, 5) is 38.7. The predicted octanol–water partition coefficient (Wildman–Crippen LogP) is 3.03. The minimum atomic E-state index is -0.140. The lowest BCUT2D eigenvalue weighted by molar-refractivity contribution is 0.0746. The van der Waals surface area contributed by atoms with Crippen molar-refractivity contribution in [3.8, 4) is 0 Å². The monoisotopic (exact) mass is 449 g/mol. The van der Waals surface area contributed by atoms with Crippen LogP contribution in [0.25, 0.3) is 0 Å². The lowest BCUT2D eigenvalue weighted by Crippen LogP contribution is -2.49. The molecule has 0 bridgehead atoms. The molecule has 0 radical (unpaired) electrons. The van der Waals surface area contributed by atoms with Crippen LogP contribution >= 0.6 is 23.2 Å². The Balaban J connectivity index is 1.41. The van der Waals surface area contributed by atoms with Crippen LogP contribution < -0.4 is 10.5 Å². The normalized spacial score (nSPS) is 17.9. The van der Waals surface area contributed by atoms with Crippen LogP contribution in [0.1, 0.15) is 35.3 Å². The zero-order valence-electron chi connectivity index (χ0n) is 16.7. The van der Waals surface area contributed by atoms with Gasteiger partial charge in [-0.1, -0.05) is 29.6 Å². The fraction of sp³-hybridized carbons (Fsp3) is 0.476. The van der Waals surface area contributed by atoms with Crippen molar-refractivity contribution in [2.45, 2.75) is 25.8 Å². The van der Waals surface area contributed by atoms with Crippen LogP contribution in [0.5, 0.6) is 0 Å². The minimum Gasteiger partial charge on any atom is -0.339 e. The Morgan fingerprint density at radius 3 is 2.43 bits per heavy atom. The standard InChI is InChI=1S/C21H25Cl2N5O2/c22-15-4-5-17(18(23)12-15)20(30)27-8-10-28(11-9-27)21-24-16(13-19(29)25-21)14-26-6-2-1-3-7-26/h4-5,12-13H,1-3,6-11,14H2,(H,24,25,29). The van der Waals surface area contributed by atoms with E-state index in [-0.39, 0.29) is 11.5 Å². The summed E-state index contributed by atoms with van der Waals surface area (Å²) in [5, 5.41) is 0.854. The zero-order chi connectivity index (χ0) is 21.1. The lowest BCUT2D eigenvalue weighted by atomic mass is 10.1. The Kier molecular flexibility index (Phi) is 6.61. The number of nitrogens with one attached hydrogen (secondary N) is 1. The van der Waals surface area contributed by atoms with Crippen LogP contribution in [0.2, 0.25) is 10.0 Å². The molecule has 1 aromatic carbocycles. The van der Waals surface area contributed by atoms with Crippen LogP contribution in [0.4, 0.5) is 5.95 Å². The quantitative estimate of drug-likeness (QED) is 0.776. The summed E-state index contributed by atoms with van der Waals surface area (Å²) < 4.78 is 0. The molecule has 1 aromatic heterocycles. The Morgan fingerprint density at radius 1 is 1.00 bits per heavy atom. The first kappa shape index (κ1) is 21.2. The number of hydrogen-bond donors (Lipinski definition) is 1. The topological polar surface area (TPSA) is 72.5 Å². The van der Waals surface area contributed by atoms with E-state index >= 15 is 0 Å². The van der Waals surface area contributed by atoms with E-state index in [0.717, 1.165) is 18.8 Å². The number of halogens is 2. The summed E-state index contributed by atoms with van der Waals surface area (Å²) in [6.07, 6.45) is 3.67. The third-order valence-electron chi connectivity index (χ3n) is 5.64. The maximum Gasteiger partial charge on any atom is 0.255 e. The summed E-state index contributed by atoms with van der Waals surface area (Å²) in [7, 11) is 0. The molecule has 0 spiro atoms. The van der Waals surface area contributed by atoms with Gasteiger partial charge < -0.3 is 9.80 Å². The maximum atomic E-state index is 12.8. The molecule has 0 aliphatic carbocycles. The molecule has 0 atom stereocenters. The molecule has 2 aromatic rings. The van der Waals surface area contributed by atoms with Gasteiger partial charge in [0.1, 0.15) is 0 Å². The number of H-pyrrole nitrogens is 1. The van der Waals surface area contributed by atoms with Crippen molar-refractivity contribution < 1.29 is 4.79 Å². The molecule has 0 unspecified atom stereocenters. The molecule has 0 saturated carbocycles. The molecule has 3 heterocycles. The number of amides is 1. The number of likely N-dealkylation sites (tertiary alicyclic amines) is 1. The average Bonchev–Trinajstić information content (AvgIpc) is 2.74. The molecular weight excluding hydrogens is 425 g/mol. The molecule has 7 nitrogen and oxygen atoms in total. The van der Waals surface area contributed by atoms with Crippen molar-refractivity contribution in [1.82, 2.24) is 19.8 Å². The van der Waals surface area contributed by atoms with Crippen LogP contribution in [-0.2, 0) is 6.54 Å². The predicted molar refractivity (Wildman–Crippen MR) is 119 cm³/mol. The fourth-order valence-corrected chi connectivity index (χ4v) is 4.52. The molecule has 30 heavy (non-hydrogen) atoms. The van der Waals surface area contributed by atoms with Gasteiger partial charge in [0.15, 0.2) is 0 Å². The number of aromatic nitrogens is 2. The van der Waals surface area contributed by atoms with E-state index in [2.05, 4.69) is 9.88 Å². The molecule has 1 amide bonds. The largest absolute Gasteiger partial charge is 0.339 e. The van der Waals surface area contributed by atoms with Gasteiger partial charge in [-0.2, -0.15) is 0 Å². The molecule has 2 aliphatic rings. The van der Waals surface area contributed by atoms with Gasteiger partial charge in [0.2, 0.25) is 5.95 Å². The minimum absolute atomic E-state index is 0.114. The molecule has 9 heteroatoms. The number of nitrogens with zero attached hydrogens (tertiary/aromatic N) is 4. The third-order valence-corrected chi connectivity index (χ3v) is 6.19. The molecule has 2 saturated heterocycles. The number of piperidine rings is 1. The van der Waals surface area contributed by atoms with Crippen molar-refractivity contribution in [2.75, 3.05) is 44.2 Å². The van der Waals surface area contributed by atoms with E-state index in [4.69, 9.17) is 28.2 Å². The van der Waals surface area contributed by atoms with Crippen LogP contribution in [0.15, 0.2) is 29.1 Å². The fourth-order valence-electron chi connectivity index (χ4n) is 4.03. The van der Waals surface area contributed by atoms with Crippen LogP contribution in [-0.4, -0.2) is 64.9 Å². The highest BCUT2D eigenvalue weighted by molar-refractivity contribution is 6.36. The number of piperazine rings is 1. The van der Waals surface area contributed by atoms with E-state index in [1.54, 1.807) is 29.2 Å². The number of hydrogen-bond acceptors (Lipinski definition) is 5. The van der Waals surface area contributed by atoms with Gasteiger partial charge in [-0.25, -0.2) is 4.98 Å². The number of rotatable bonds is 4. The Hall–Kier alpha value is -2.09. The van der Waals surface area contributed by atoms with Gasteiger partial charge in [0.25, 0.3) is 11.5 Å². The molecule has 160 valence electrons. The molecule has 2 fully saturated rings. The van der Waals surface area contributed by atoms with Crippen molar-refractivity contribution in [3.63, 3.8) is 0 Å². The number of carbonyl (C=O) groups excluding carboxylic acids is 1. The highest BCUT2D eigenvalue weighted by Gasteiger charge is 2.25. The highest BCUT2D eigenvalue weighted by Crippen LogP contribution is 2.23. The van der Waals surface area contributed by atoms with E-state index in [1.165, 1.54) is 19.3 Å². The first-order valence-electron chi connectivity index (χ1n) is 10.3. The van der Waals surface area contributed by atoms with Gasteiger partial charge >= 0.3 is 0 Å². The van der Waals surface area contributed by atoms with Gasteiger partial charge in [-0.05, 0) is 44.1 Å². The molecule has 2 aliphatic heterocycles. The Morgan fingerprint density at radius 2 is 1.73 bits per heavy atom. The van der Waals surface area contributed by atoms with Crippen LogP contribution in [0, 0.1) is 0 Å². The summed E-state index contributed by atoms with van der Waals surface area (Å²) >= 11 is 12.1. The van der Waals surface area contributed by atoms with E-state index in [1.807, 2.05) is 4.90 Å². The summed E-state index contributed by atoms with van der Waals surface area (Å²) in [5.41, 5.74) is 1.10. The van der Waals surface area contributed by atoms with Gasteiger partial charge in [-0.3, -0.25) is 19.5 Å². The second kappa shape index (κ2) is 9.37. The van der Waals surface area contributed by atoms with Crippen molar-refractivity contribution in [1.29, 1.82) is 0 Å². The van der Waals surface area contributed by atoms with Crippen molar-refractivity contribution in [2.24, 2.45) is 0 Å². The number of benzene rings is 1. The van der Waals surface area contributed by atoms with Gasteiger partial charge in [0, 0.05) is 43.8 Å². The Bertz CT molecular complexity index is 966. The smallest absolute Gasteiger partial charge is 0.255 e. The second-order valence-corrected chi connectivity index (χ2v) is 8.64. The first-order chi connectivity index (χ1) is 14.5. The summed E-state index contributed by atoms with van der Waals surface area (Å²) in [5.74, 6) is 0.461. The lowest BCUT2D eigenvalue weighted by Gasteiger charge is -2.35. The van der Waals surface area contributed by atoms with Gasteiger partial charge in [0.05, 0.1) is 16.3 Å². The SMILES string of the molecule is O=C(c1ccc(Cl)cc1Cl)N1CCN(c2nc(CN3CCCCC3)cc(=O)[nH]2)CC1. The van der Waals surface area contributed by atoms with E-state index in [0.29, 0.717) is 54.3 Å².